The highest BCUT2D eigenvalue weighted by molar-refractivity contribution is 14.0. The van der Waals surface area contributed by atoms with E-state index < -0.39 is 0 Å². The van der Waals surface area contributed by atoms with Gasteiger partial charge in [0.05, 0.1) is 7.11 Å². The molecule has 120 valence electrons. The molecule has 0 aromatic heterocycles. The number of rotatable bonds is 8. The van der Waals surface area contributed by atoms with E-state index in [4.69, 9.17) is 10.5 Å². The summed E-state index contributed by atoms with van der Waals surface area (Å²) in [7, 11) is 1.70. The van der Waals surface area contributed by atoms with Gasteiger partial charge in [-0.1, -0.05) is 26.0 Å². The van der Waals surface area contributed by atoms with Crippen LogP contribution in [0.1, 0.15) is 20.3 Å². The maximum atomic E-state index is 5.77. The number of hydrogen-bond acceptors (Lipinski definition) is 3. The molecule has 4 nitrogen and oxygen atoms in total. The van der Waals surface area contributed by atoms with Crippen molar-refractivity contribution in [1.82, 2.24) is 5.32 Å². The molecule has 1 atom stereocenters. The van der Waals surface area contributed by atoms with Crippen LogP contribution in [-0.2, 0) is 0 Å². The molecule has 0 heterocycles. The molecule has 0 fully saturated rings. The Morgan fingerprint density at radius 3 is 2.81 bits per heavy atom. The Hall–Kier alpha value is -0.630. The first kappa shape index (κ1) is 20.4. The summed E-state index contributed by atoms with van der Waals surface area (Å²) in [6, 6.07) is 8.07. The summed E-state index contributed by atoms with van der Waals surface area (Å²) in [6.45, 7) is 5.90. The summed E-state index contributed by atoms with van der Waals surface area (Å²) in [5, 5.41) is 3.08. The third-order valence-corrected chi connectivity index (χ3v) is 4.11. The summed E-state index contributed by atoms with van der Waals surface area (Å²) in [4.78, 5) is 5.52. The average molecular weight is 423 g/mol. The number of para-hydroxylation sites is 1. The molecule has 3 N–H and O–H groups in total. The molecule has 1 rings (SSSR count). The maximum absolute atomic E-state index is 5.77. The van der Waals surface area contributed by atoms with Crippen molar-refractivity contribution in [3.63, 3.8) is 0 Å². The van der Waals surface area contributed by atoms with Gasteiger partial charge < -0.3 is 15.8 Å². The van der Waals surface area contributed by atoms with Crippen LogP contribution in [0.15, 0.2) is 34.2 Å². The van der Waals surface area contributed by atoms with Crippen LogP contribution >= 0.6 is 35.7 Å². The third kappa shape index (κ3) is 8.40. The first-order chi connectivity index (χ1) is 9.67. The Morgan fingerprint density at radius 2 is 2.14 bits per heavy atom. The van der Waals surface area contributed by atoms with Gasteiger partial charge in [0.25, 0.3) is 0 Å². The first-order valence-corrected chi connectivity index (χ1v) is 7.95. The summed E-state index contributed by atoms with van der Waals surface area (Å²) in [6.07, 6.45) is 1.05. The van der Waals surface area contributed by atoms with E-state index in [2.05, 4.69) is 30.2 Å². The highest BCUT2D eigenvalue weighted by atomic mass is 127. The van der Waals surface area contributed by atoms with Crippen LogP contribution in [0.3, 0.4) is 0 Å². The average Bonchev–Trinajstić information content (AvgIpc) is 2.48. The van der Waals surface area contributed by atoms with Gasteiger partial charge in [-0.15, -0.1) is 35.7 Å². The van der Waals surface area contributed by atoms with Crippen LogP contribution in [0.4, 0.5) is 0 Å². The second-order valence-electron chi connectivity index (χ2n) is 4.72. The molecule has 0 saturated heterocycles. The van der Waals surface area contributed by atoms with E-state index in [1.54, 1.807) is 18.9 Å². The van der Waals surface area contributed by atoms with Crippen molar-refractivity contribution >= 4 is 41.7 Å². The number of ether oxygens (including phenoxy) is 1. The van der Waals surface area contributed by atoms with Crippen LogP contribution in [0.5, 0.6) is 5.75 Å². The minimum atomic E-state index is 0. The number of methoxy groups -OCH3 is 1. The van der Waals surface area contributed by atoms with E-state index in [0.29, 0.717) is 11.9 Å². The van der Waals surface area contributed by atoms with E-state index in [9.17, 15) is 0 Å². The number of nitrogens with zero attached hydrogens (tertiary/aromatic N) is 1. The number of nitrogens with two attached hydrogens (primary N) is 1. The van der Waals surface area contributed by atoms with Crippen molar-refractivity contribution in [3.8, 4) is 5.75 Å². The Bertz CT molecular complexity index is 429. The summed E-state index contributed by atoms with van der Waals surface area (Å²) >= 11 is 1.79. The van der Waals surface area contributed by atoms with Crippen molar-refractivity contribution < 1.29 is 4.74 Å². The molecule has 0 aliphatic heterocycles. The highest BCUT2D eigenvalue weighted by Crippen LogP contribution is 2.29. The lowest BCUT2D eigenvalue weighted by molar-refractivity contribution is 0.405. The molecule has 0 saturated carbocycles. The summed E-state index contributed by atoms with van der Waals surface area (Å²) < 4.78 is 5.34. The third-order valence-electron chi connectivity index (χ3n) is 2.72. The molecule has 6 heteroatoms. The molecule has 1 aromatic rings. The molecule has 0 radical (unpaired) electrons. The van der Waals surface area contributed by atoms with Crippen LogP contribution in [0.2, 0.25) is 0 Å². The van der Waals surface area contributed by atoms with Crippen molar-refractivity contribution in [1.29, 1.82) is 0 Å². The normalized spacial score (nSPS) is 12.4. The standard InChI is InChI=1S/C15H25N3OS.HI/c1-4-9-17-15(16)18-10-12(2)11-20-14-8-6-5-7-13(14)19-3;/h5-8,12H,4,9-11H2,1-3H3,(H3,16,17,18);1H. The lowest BCUT2D eigenvalue weighted by Crippen LogP contribution is -2.32. The van der Waals surface area contributed by atoms with Crippen molar-refractivity contribution in [2.24, 2.45) is 16.6 Å². The monoisotopic (exact) mass is 423 g/mol. The topological polar surface area (TPSA) is 59.6 Å². The number of nitrogens with one attached hydrogen (secondary N) is 1. The number of guanidine groups is 1. The van der Waals surface area contributed by atoms with Crippen LogP contribution < -0.4 is 15.8 Å². The van der Waals surface area contributed by atoms with Crippen LogP contribution in [0.25, 0.3) is 0 Å². The van der Waals surface area contributed by atoms with E-state index >= 15 is 0 Å². The van der Waals surface area contributed by atoms with Gasteiger partial charge in [-0.05, 0) is 24.5 Å². The fraction of sp³-hybridized carbons (Fsp3) is 0.533. The zero-order chi connectivity index (χ0) is 14.8. The number of hydrogen-bond donors (Lipinski definition) is 2. The van der Waals surface area contributed by atoms with Crippen LogP contribution in [-0.4, -0.2) is 31.9 Å². The second kappa shape index (κ2) is 12.0. The van der Waals surface area contributed by atoms with Crippen molar-refractivity contribution in [2.75, 3.05) is 26.0 Å². The Morgan fingerprint density at radius 1 is 1.43 bits per heavy atom. The molecular formula is C15H26IN3OS. The fourth-order valence-corrected chi connectivity index (χ4v) is 2.62. The Balaban J connectivity index is 0.00000400. The molecule has 1 unspecified atom stereocenters. The van der Waals surface area contributed by atoms with Gasteiger partial charge in [-0.2, -0.15) is 0 Å². The summed E-state index contributed by atoms with van der Waals surface area (Å²) in [5.41, 5.74) is 5.77. The van der Waals surface area contributed by atoms with E-state index in [1.807, 2.05) is 18.2 Å². The Kier molecular flexibility index (Phi) is 11.6. The zero-order valence-electron chi connectivity index (χ0n) is 13.0. The van der Waals surface area contributed by atoms with E-state index in [-0.39, 0.29) is 24.0 Å². The summed E-state index contributed by atoms with van der Waals surface area (Å²) in [5.74, 6) is 2.93. The lowest BCUT2D eigenvalue weighted by Gasteiger charge is -2.11. The van der Waals surface area contributed by atoms with E-state index in [0.717, 1.165) is 31.0 Å². The zero-order valence-corrected chi connectivity index (χ0v) is 16.1. The predicted octanol–water partition coefficient (Wildman–Crippen LogP) is 3.36. The molecule has 0 bridgehead atoms. The lowest BCUT2D eigenvalue weighted by atomic mass is 10.2. The molecule has 1 aromatic carbocycles. The largest absolute Gasteiger partial charge is 0.496 e. The molecular weight excluding hydrogens is 397 g/mol. The van der Waals surface area contributed by atoms with Crippen molar-refractivity contribution in [2.45, 2.75) is 25.2 Å². The van der Waals surface area contributed by atoms with Gasteiger partial charge in [0, 0.05) is 23.7 Å². The first-order valence-electron chi connectivity index (χ1n) is 6.97. The van der Waals surface area contributed by atoms with Crippen molar-refractivity contribution in [3.05, 3.63) is 24.3 Å². The highest BCUT2D eigenvalue weighted by Gasteiger charge is 2.06. The molecule has 0 aliphatic carbocycles. The van der Waals surface area contributed by atoms with Gasteiger partial charge in [-0.25, -0.2) is 0 Å². The Labute approximate surface area is 149 Å². The van der Waals surface area contributed by atoms with Gasteiger partial charge in [0.15, 0.2) is 5.96 Å². The maximum Gasteiger partial charge on any atom is 0.188 e. The fourth-order valence-electron chi connectivity index (χ4n) is 1.59. The molecule has 0 amide bonds. The molecule has 0 aliphatic rings. The molecule has 21 heavy (non-hydrogen) atoms. The number of benzene rings is 1. The second-order valence-corrected chi connectivity index (χ2v) is 5.78. The SMILES string of the molecule is CCCNC(N)=NCC(C)CSc1ccccc1OC.I. The minimum Gasteiger partial charge on any atom is -0.496 e. The number of halogens is 1. The van der Waals surface area contributed by atoms with Crippen LogP contribution in [0, 0.1) is 5.92 Å². The van der Waals surface area contributed by atoms with Gasteiger partial charge in [-0.3, -0.25) is 4.99 Å². The number of aliphatic imine (C=N–C) groups is 1. The minimum absolute atomic E-state index is 0. The van der Waals surface area contributed by atoms with Gasteiger partial charge in [0.2, 0.25) is 0 Å². The predicted molar refractivity (Wildman–Crippen MR) is 103 cm³/mol. The smallest absolute Gasteiger partial charge is 0.188 e. The quantitative estimate of drug-likeness (QED) is 0.291. The molecule has 0 spiro atoms. The number of thioether (sulfide) groups is 1. The van der Waals surface area contributed by atoms with E-state index in [1.165, 1.54) is 4.90 Å². The van der Waals surface area contributed by atoms with Gasteiger partial charge in [0.1, 0.15) is 5.75 Å². The van der Waals surface area contributed by atoms with Gasteiger partial charge >= 0.3 is 0 Å².